The Bertz CT molecular complexity index is 352. The first-order chi connectivity index (χ1) is 8.92. The molecule has 0 bridgehead atoms. The minimum atomic E-state index is 0.315. The average Bonchev–Trinajstić information content (AvgIpc) is 3.22. The van der Waals surface area contributed by atoms with E-state index in [-0.39, 0.29) is 0 Å². The third kappa shape index (κ3) is 4.63. The maximum Gasteiger partial charge on any atom is 0.0438 e. The average molecular weight is 265 g/mol. The number of hydrogen-bond donors (Lipinski definition) is 2. The van der Waals surface area contributed by atoms with Crippen molar-refractivity contribution in [2.75, 3.05) is 24.7 Å². The molecular formula is C15H23NOS. The van der Waals surface area contributed by atoms with Gasteiger partial charge in [-0.15, -0.1) is 0 Å². The van der Waals surface area contributed by atoms with Crippen LogP contribution >= 0.6 is 11.8 Å². The lowest BCUT2D eigenvalue weighted by Gasteiger charge is -2.09. The number of rotatable bonds is 9. The van der Waals surface area contributed by atoms with Crippen LogP contribution in [0.5, 0.6) is 0 Å². The lowest BCUT2D eigenvalue weighted by atomic mass is 10.0. The lowest BCUT2D eigenvalue weighted by molar-refractivity contribution is 0.296. The monoisotopic (exact) mass is 265 g/mol. The SMILES string of the molecule is OCCCSCCNCc1ccccc1C1CC1. The highest BCUT2D eigenvalue weighted by molar-refractivity contribution is 7.99. The summed E-state index contributed by atoms with van der Waals surface area (Å²) in [7, 11) is 0. The van der Waals surface area contributed by atoms with Crippen LogP contribution in [-0.2, 0) is 6.54 Å². The quantitative estimate of drug-likeness (QED) is 0.673. The van der Waals surface area contributed by atoms with Gasteiger partial charge in [-0.1, -0.05) is 24.3 Å². The van der Waals surface area contributed by atoms with E-state index in [4.69, 9.17) is 5.11 Å². The topological polar surface area (TPSA) is 32.3 Å². The van der Waals surface area contributed by atoms with E-state index < -0.39 is 0 Å². The van der Waals surface area contributed by atoms with E-state index in [0.29, 0.717) is 6.61 Å². The standard InChI is InChI=1S/C15H23NOS/c17-9-3-10-18-11-8-16-12-14-4-1-2-5-15(14)13-6-7-13/h1-2,4-5,13,16-17H,3,6-12H2. The van der Waals surface area contributed by atoms with Crippen molar-refractivity contribution < 1.29 is 5.11 Å². The smallest absolute Gasteiger partial charge is 0.0438 e. The number of thioether (sulfide) groups is 1. The molecule has 1 aromatic rings. The zero-order chi connectivity index (χ0) is 12.6. The molecule has 0 unspecified atom stereocenters. The maximum atomic E-state index is 8.68. The predicted molar refractivity (Wildman–Crippen MR) is 79.2 cm³/mol. The summed E-state index contributed by atoms with van der Waals surface area (Å²) < 4.78 is 0. The zero-order valence-corrected chi connectivity index (χ0v) is 11.7. The fourth-order valence-electron chi connectivity index (χ4n) is 2.12. The van der Waals surface area contributed by atoms with E-state index in [1.54, 1.807) is 5.56 Å². The first kappa shape index (κ1) is 13.9. The summed E-state index contributed by atoms with van der Waals surface area (Å²) in [6, 6.07) is 8.82. The van der Waals surface area contributed by atoms with E-state index in [1.807, 2.05) is 11.8 Å². The molecule has 1 aliphatic carbocycles. The molecule has 2 N–H and O–H groups in total. The van der Waals surface area contributed by atoms with Crippen LogP contribution in [0.2, 0.25) is 0 Å². The summed E-state index contributed by atoms with van der Waals surface area (Å²) in [5.41, 5.74) is 3.03. The van der Waals surface area contributed by atoms with Crippen molar-refractivity contribution in [3.05, 3.63) is 35.4 Å². The van der Waals surface area contributed by atoms with Gasteiger partial charge >= 0.3 is 0 Å². The fraction of sp³-hybridized carbons (Fsp3) is 0.600. The van der Waals surface area contributed by atoms with Crippen LogP contribution in [0.4, 0.5) is 0 Å². The highest BCUT2D eigenvalue weighted by Gasteiger charge is 2.25. The second kappa shape index (κ2) is 7.82. The molecule has 0 spiro atoms. The van der Waals surface area contributed by atoms with E-state index in [2.05, 4.69) is 29.6 Å². The van der Waals surface area contributed by atoms with Crippen molar-refractivity contribution in [2.45, 2.75) is 31.7 Å². The maximum absolute atomic E-state index is 8.68. The summed E-state index contributed by atoms with van der Waals surface area (Å²) in [6.07, 6.45) is 3.65. The second-order valence-electron chi connectivity index (χ2n) is 4.84. The van der Waals surface area contributed by atoms with Crippen LogP contribution in [-0.4, -0.2) is 29.8 Å². The molecule has 0 aromatic heterocycles. The summed E-state index contributed by atoms with van der Waals surface area (Å²) in [6.45, 7) is 2.36. The molecule has 100 valence electrons. The first-order valence-corrected chi connectivity index (χ1v) is 8.04. The summed E-state index contributed by atoms with van der Waals surface area (Å²) in [5, 5.41) is 12.2. The van der Waals surface area contributed by atoms with Gasteiger partial charge in [-0.3, -0.25) is 0 Å². The van der Waals surface area contributed by atoms with Gasteiger partial charge in [0.2, 0.25) is 0 Å². The van der Waals surface area contributed by atoms with Crippen LogP contribution in [0.15, 0.2) is 24.3 Å². The Morgan fingerprint density at radius 2 is 2.06 bits per heavy atom. The second-order valence-corrected chi connectivity index (χ2v) is 6.06. The van der Waals surface area contributed by atoms with Crippen molar-refractivity contribution in [2.24, 2.45) is 0 Å². The van der Waals surface area contributed by atoms with Gasteiger partial charge in [-0.2, -0.15) is 11.8 Å². The molecule has 1 aliphatic rings. The van der Waals surface area contributed by atoms with Crippen molar-refractivity contribution >= 4 is 11.8 Å². The number of benzene rings is 1. The molecule has 0 atom stereocenters. The largest absolute Gasteiger partial charge is 0.396 e. The first-order valence-electron chi connectivity index (χ1n) is 6.89. The molecule has 1 aromatic carbocycles. The highest BCUT2D eigenvalue weighted by atomic mass is 32.2. The fourth-order valence-corrected chi connectivity index (χ4v) is 2.95. The van der Waals surface area contributed by atoms with Crippen LogP contribution < -0.4 is 5.32 Å². The van der Waals surface area contributed by atoms with Crippen LogP contribution in [0.1, 0.15) is 36.3 Å². The molecule has 18 heavy (non-hydrogen) atoms. The Labute approximate surface area is 114 Å². The van der Waals surface area contributed by atoms with Gasteiger partial charge in [-0.05, 0) is 42.1 Å². The van der Waals surface area contributed by atoms with Crippen molar-refractivity contribution in [3.8, 4) is 0 Å². The Morgan fingerprint density at radius 1 is 1.22 bits per heavy atom. The van der Waals surface area contributed by atoms with Crippen molar-refractivity contribution in [1.29, 1.82) is 0 Å². The number of hydrogen-bond acceptors (Lipinski definition) is 3. The molecule has 2 nitrogen and oxygen atoms in total. The van der Waals surface area contributed by atoms with Gasteiger partial charge < -0.3 is 10.4 Å². The van der Waals surface area contributed by atoms with Crippen molar-refractivity contribution in [3.63, 3.8) is 0 Å². The van der Waals surface area contributed by atoms with Crippen LogP contribution in [0.25, 0.3) is 0 Å². The summed E-state index contributed by atoms with van der Waals surface area (Å²) >= 11 is 1.91. The molecule has 0 aliphatic heterocycles. The third-order valence-corrected chi connectivity index (χ3v) is 4.33. The molecule has 0 radical (unpaired) electrons. The number of nitrogens with one attached hydrogen (secondary N) is 1. The normalized spacial score (nSPS) is 14.9. The molecule has 0 saturated heterocycles. The van der Waals surface area contributed by atoms with Crippen LogP contribution in [0.3, 0.4) is 0 Å². The van der Waals surface area contributed by atoms with E-state index in [1.165, 1.54) is 18.4 Å². The molecule has 0 amide bonds. The molecule has 3 heteroatoms. The lowest BCUT2D eigenvalue weighted by Crippen LogP contribution is -2.17. The molecule has 2 rings (SSSR count). The van der Waals surface area contributed by atoms with Crippen LogP contribution in [0, 0.1) is 0 Å². The van der Waals surface area contributed by atoms with Gasteiger partial charge in [0, 0.05) is 25.4 Å². The molecular weight excluding hydrogens is 242 g/mol. The van der Waals surface area contributed by atoms with Gasteiger partial charge in [0.1, 0.15) is 0 Å². The minimum absolute atomic E-state index is 0.315. The van der Waals surface area contributed by atoms with Gasteiger partial charge in [0.05, 0.1) is 0 Å². The summed E-state index contributed by atoms with van der Waals surface area (Å²) in [5.74, 6) is 3.03. The Kier molecular flexibility index (Phi) is 6.05. The van der Waals surface area contributed by atoms with Gasteiger partial charge in [0.25, 0.3) is 0 Å². The predicted octanol–water partition coefficient (Wildman–Crippen LogP) is 2.77. The minimum Gasteiger partial charge on any atom is -0.396 e. The van der Waals surface area contributed by atoms with Gasteiger partial charge in [0.15, 0.2) is 0 Å². The zero-order valence-electron chi connectivity index (χ0n) is 10.9. The van der Waals surface area contributed by atoms with Gasteiger partial charge in [-0.25, -0.2) is 0 Å². The third-order valence-electron chi connectivity index (χ3n) is 3.26. The number of aliphatic hydroxyl groups excluding tert-OH is 1. The Hall–Kier alpha value is -0.510. The highest BCUT2D eigenvalue weighted by Crippen LogP contribution is 2.41. The molecule has 0 heterocycles. The van der Waals surface area contributed by atoms with E-state index in [0.717, 1.165) is 36.9 Å². The summed E-state index contributed by atoms with van der Waals surface area (Å²) in [4.78, 5) is 0. The van der Waals surface area contributed by atoms with Crippen molar-refractivity contribution in [1.82, 2.24) is 5.32 Å². The number of aliphatic hydroxyl groups is 1. The molecule has 1 saturated carbocycles. The van der Waals surface area contributed by atoms with E-state index >= 15 is 0 Å². The van der Waals surface area contributed by atoms with E-state index in [9.17, 15) is 0 Å². The molecule has 1 fully saturated rings. The Balaban J connectivity index is 1.64. The Morgan fingerprint density at radius 3 is 2.83 bits per heavy atom.